The fraction of sp³-hybridized carbons (Fsp3) is 0.350. The van der Waals surface area contributed by atoms with E-state index in [0.717, 1.165) is 18.3 Å². The summed E-state index contributed by atoms with van der Waals surface area (Å²) in [6, 6.07) is 21.3. The molecule has 1 aliphatic rings. The molecule has 1 aliphatic heterocycles. The molecule has 0 aromatic heterocycles. The van der Waals surface area contributed by atoms with E-state index in [0.29, 0.717) is 21.1 Å². The van der Waals surface area contributed by atoms with Gasteiger partial charge in [0.15, 0.2) is 0 Å². The predicted octanol–water partition coefficient (Wildman–Crippen LogP) is 3.45. The Labute approximate surface area is 145 Å². The van der Waals surface area contributed by atoms with Crippen LogP contribution >= 0.6 is 0 Å². The molecular formula is C20H24NOSe+. The maximum absolute atomic E-state index is 6.24. The Morgan fingerprint density at radius 1 is 1.04 bits per heavy atom. The van der Waals surface area contributed by atoms with Crippen LogP contribution in [0.15, 0.2) is 60.7 Å². The van der Waals surface area contributed by atoms with Crippen molar-refractivity contribution >= 4 is 25.6 Å². The molecule has 3 rings (SSSR count). The van der Waals surface area contributed by atoms with E-state index in [1.54, 1.807) is 0 Å². The third-order valence-corrected chi connectivity index (χ3v) is 6.29. The topological polar surface area (TPSA) is 12.2 Å². The molecule has 0 radical (unpaired) electrons. The van der Waals surface area contributed by atoms with Gasteiger partial charge in [0.2, 0.25) is 0 Å². The van der Waals surface area contributed by atoms with Crippen LogP contribution in [0.3, 0.4) is 0 Å². The molecule has 0 amide bonds. The number of nitrogens with zero attached hydrogens (tertiary/aromatic N) is 1. The standard InChI is InChI=1S/C20H24NOSe/c1-20(2)13-18(15-23-19-11-7-4-8-12-19)22-21(16-20)14-17-9-5-3-6-10-17/h3-12,16,18H,13-15H2,1-2H3/q+1. The van der Waals surface area contributed by atoms with Gasteiger partial charge in [-0.2, -0.15) is 0 Å². The third kappa shape index (κ3) is 4.95. The average molecular weight is 373 g/mol. The van der Waals surface area contributed by atoms with Gasteiger partial charge >= 0.3 is 145 Å². The van der Waals surface area contributed by atoms with Gasteiger partial charge in [-0.05, 0) is 0 Å². The Morgan fingerprint density at radius 3 is 2.39 bits per heavy atom. The number of rotatable bonds is 5. The van der Waals surface area contributed by atoms with Crippen LogP contribution < -0.4 is 4.46 Å². The van der Waals surface area contributed by atoms with Crippen molar-refractivity contribution in [3.8, 4) is 0 Å². The second-order valence-electron chi connectivity index (χ2n) is 6.73. The summed E-state index contributed by atoms with van der Waals surface area (Å²) in [5.41, 5.74) is 1.47. The van der Waals surface area contributed by atoms with E-state index in [1.807, 2.05) is 4.74 Å². The van der Waals surface area contributed by atoms with E-state index < -0.39 is 0 Å². The van der Waals surface area contributed by atoms with E-state index in [-0.39, 0.29) is 5.41 Å². The van der Waals surface area contributed by atoms with Crippen molar-refractivity contribution in [2.75, 3.05) is 0 Å². The van der Waals surface area contributed by atoms with Gasteiger partial charge in [0.05, 0.1) is 0 Å². The fourth-order valence-corrected chi connectivity index (χ4v) is 4.83. The molecule has 120 valence electrons. The second kappa shape index (κ2) is 7.33. The molecule has 2 aromatic carbocycles. The summed E-state index contributed by atoms with van der Waals surface area (Å²) in [4.78, 5) is 6.24. The van der Waals surface area contributed by atoms with Crippen molar-refractivity contribution in [3.05, 3.63) is 66.2 Å². The first-order valence-corrected chi connectivity index (χ1v) is 10.2. The SMILES string of the molecule is CC1(C)C=[N+](Cc2ccccc2)OC(C[Se]c2ccccc2)C1. The van der Waals surface area contributed by atoms with Crippen LogP contribution in [-0.2, 0) is 11.4 Å². The Morgan fingerprint density at radius 2 is 1.70 bits per heavy atom. The normalized spacial score (nSPS) is 19.7. The average Bonchev–Trinajstić information content (AvgIpc) is 2.53. The summed E-state index contributed by atoms with van der Waals surface area (Å²) >= 11 is 0.470. The van der Waals surface area contributed by atoms with Crippen LogP contribution in [0.4, 0.5) is 0 Å². The van der Waals surface area contributed by atoms with Gasteiger partial charge in [0.25, 0.3) is 0 Å². The first-order chi connectivity index (χ1) is 11.1. The van der Waals surface area contributed by atoms with E-state index in [9.17, 15) is 0 Å². The van der Waals surface area contributed by atoms with Crippen molar-refractivity contribution in [1.29, 1.82) is 0 Å². The van der Waals surface area contributed by atoms with E-state index >= 15 is 0 Å². The van der Waals surface area contributed by atoms with Crippen molar-refractivity contribution in [3.63, 3.8) is 0 Å². The first-order valence-electron chi connectivity index (χ1n) is 8.12. The molecule has 0 bridgehead atoms. The molecule has 0 saturated heterocycles. The van der Waals surface area contributed by atoms with Crippen LogP contribution in [0.2, 0.25) is 5.32 Å². The van der Waals surface area contributed by atoms with Gasteiger partial charge in [0, 0.05) is 0 Å². The Balaban J connectivity index is 1.64. The van der Waals surface area contributed by atoms with Crippen LogP contribution in [0, 0.1) is 5.41 Å². The van der Waals surface area contributed by atoms with Gasteiger partial charge < -0.3 is 0 Å². The summed E-state index contributed by atoms with van der Waals surface area (Å²) in [5.74, 6) is 0. The molecular weight excluding hydrogens is 349 g/mol. The van der Waals surface area contributed by atoms with Crippen LogP contribution in [-0.4, -0.2) is 32.0 Å². The number of hydrogen-bond acceptors (Lipinski definition) is 1. The molecule has 0 fully saturated rings. The van der Waals surface area contributed by atoms with Crippen LogP contribution in [0.5, 0.6) is 0 Å². The molecule has 1 heterocycles. The molecule has 0 spiro atoms. The Bertz CT molecular complexity index is 652. The summed E-state index contributed by atoms with van der Waals surface area (Å²) < 4.78 is 3.50. The van der Waals surface area contributed by atoms with E-state index in [2.05, 4.69) is 80.7 Å². The molecule has 0 N–H and O–H groups in total. The number of hydrogen-bond donors (Lipinski definition) is 0. The van der Waals surface area contributed by atoms with Gasteiger partial charge in [-0.15, -0.1) is 0 Å². The summed E-state index contributed by atoms with van der Waals surface area (Å²) in [6.07, 6.45) is 3.64. The molecule has 1 unspecified atom stereocenters. The minimum absolute atomic E-state index is 0.185. The predicted molar refractivity (Wildman–Crippen MR) is 96.4 cm³/mol. The molecule has 23 heavy (non-hydrogen) atoms. The van der Waals surface area contributed by atoms with Gasteiger partial charge in [-0.25, -0.2) is 0 Å². The molecule has 1 atom stereocenters. The molecule has 0 aliphatic carbocycles. The second-order valence-corrected chi connectivity index (χ2v) is 9.03. The van der Waals surface area contributed by atoms with E-state index in [1.165, 1.54) is 10.0 Å². The molecule has 2 aromatic rings. The monoisotopic (exact) mass is 374 g/mol. The van der Waals surface area contributed by atoms with Gasteiger partial charge in [-0.1, -0.05) is 0 Å². The Hall–Kier alpha value is -1.57. The quantitative estimate of drug-likeness (QED) is 0.578. The van der Waals surface area contributed by atoms with Crippen molar-refractivity contribution in [2.45, 2.75) is 38.2 Å². The van der Waals surface area contributed by atoms with Crippen molar-refractivity contribution in [2.24, 2.45) is 5.41 Å². The Kier molecular flexibility index (Phi) is 5.19. The third-order valence-electron chi connectivity index (χ3n) is 3.89. The maximum atomic E-state index is 6.24. The minimum atomic E-state index is 0.185. The van der Waals surface area contributed by atoms with Crippen LogP contribution in [0.25, 0.3) is 0 Å². The molecule has 3 heteroatoms. The molecule has 0 saturated carbocycles. The zero-order valence-corrected chi connectivity index (χ0v) is 15.5. The summed E-state index contributed by atoms with van der Waals surface area (Å²) in [7, 11) is 0. The van der Waals surface area contributed by atoms with Gasteiger partial charge in [-0.3, -0.25) is 0 Å². The fourth-order valence-electron chi connectivity index (χ4n) is 2.93. The zero-order valence-electron chi connectivity index (χ0n) is 13.8. The van der Waals surface area contributed by atoms with Gasteiger partial charge in [0.1, 0.15) is 0 Å². The van der Waals surface area contributed by atoms with Crippen molar-refractivity contribution < 1.29 is 9.58 Å². The number of hydroxylamine groups is 1. The van der Waals surface area contributed by atoms with Crippen LogP contribution in [0.1, 0.15) is 25.8 Å². The zero-order chi connectivity index (χ0) is 16.1. The number of benzene rings is 2. The molecule has 2 nitrogen and oxygen atoms in total. The summed E-state index contributed by atoms with van der Waals surface area (Å²) in [5, 5.41) is 1.12. The first kappa shape index (κ1) is 16.3. The van der Waals surface area contributed by atoms with E-state index in [4.69, 9.17) is 4.84 Å². The summed E-state index contributed by atoms with van der Waals surface area (Å²) in [6.45, 7) is 5.42. The van der Waals surface area contributed by atoms with Crippen molar-refractivity contribution in [1.82, 2.24) is 0 Å².